The molecule has 76 valence electrons. The first-order chi connectivity index (χ1) is 6.26. The summed E-state index contributed by atoms with van der Waals surface area (Å²) in [6.07, 6.45) is 7.28. The second kappa shape index (κ2) is 8.10. The van der Waals surface area contributed by atoms with E-state index in [4.69, 9.17) is 11.2 Å². The van der Waals surface area contributed by atoms with Crippen molar-refractivity contribution in [3.8, 4) is 12.3 Å². The average Bonchev–Trinajstić information content (AvgIpc) is 2.12. The number of likely N-dealkylation sites (N-methyl/N-ethyl adjacent to an activating group) is 1. The Kier molecular flexibility index (Phi) is 7.77. The summed E-state index contributed by atoms with van der Waals surface area (Å²) >= 11 is 0. The molecule has 2 atom stereocenters. The molecule has 0 aliphatic carbocycles. The van der Waals surface area contributed by atoms with E-state index in [-0.39, 0.29) is 6.10 Å². The highest BCUT2D eigenvalue weighted by molar-refractivity contribution is 4.87. The lowest BCUT2D eigenvalue weighted by molar-refractivity contribution is 0.0461. The zero-order valence-corrected chi connectivity index (χ0v) is 8.97. The minimum Gasteiger partial charge on any atom is -0.377 e. The summed E-state index contributed by atoms with van der Waals surface area (Å²) in [6, 6.07) is 0.390. The van der Waals surface area contributed by atoms with Crippen LogP contribution in [0, 0.1) is 12.3 Å². The largest absolute Gasteiger partial charge is 0.377 e. The summed E-state index contributed by atoms with van der Waals surface area (Å²) in [4.78, 5) is 0. The molecule has 0 rings (SSSR count). The summed E-state index contributed by atoms with van der Waals surface area (Å²) in [5.41, 5.74) is 0. The number of nitrogens with one attached hydrogen (secondary N) is 1. The van der Waals surface area contributed by atoms with Crippen LogP contribution in [0.4, 0.5) is 0 Å². The van der Waals surface area contributed by atoms with Crippen LogP contribution in [0.1, 0.15) is 33.6 Å². The van der Waals surface area contributed by atoms with Crippen molar-refractivity contribution >= 4 is 0 Å². The average molecular weight is 183 g/mol. The normalized spacial score (nSPS) is 14.9. The second-order valence-electron chi connectivity index (χ2n) is 3.07. The van der Waals surface area contributed by atoms with Gasteiger partial charge in [-0.25, -0.2) is 0 Å². The van der Waals surface area contributed by atoms with Crippen LogP contribution in [0.15, 0.2) is 0 Å². The van der Waals surface area contributed by atoms with Crippen LogP contribution >= 0.6 is 0 Å². The van der Waals surface area contributed by atoms with Gasteiger partial charge in [0.25, 0.3) is 0 Å². The van der Waals surface area contributed by atoms with Crippen LogP contribution in [-0.4, -0.2) is 25.3 Å². The smallest absolute Gasteiger partial charge is 0.0700 e. The molecule has 13 heavy (non-hydrogen) atoms. The van der Waals surface area contributed by atoms with E-state index >= 15 is 0 Å². The zero-order valence-electron chi connectivity index (χ0n) is 8.97. The number of hydrogen-bond acceptors (Lipinski definition) is 2. The maximum atomic E-state index is 5.52. The Morgan fingerprint density at radius 3 is 2.62 bits per heavy atom. The van der Waals surface area contributed by atoms with Crippen LogP contribution in [0.2, 0.25) is 0 Å². The third-order valence-electron chi connectivity index (χ3n) is 2.06. The van der Waals surface area contributed by atoms with Crippen LogP contribution in [0.5, 0.6) is 0 Å². The van der Waals surface area contributed by atoms with Crippen molar-refractivity contribution in [1.82, 2.24) is 5.32 Å². The molecule has 0 saturated heterocycles. The lowest BCUT2D eigenvalue weighted by atomic mass is 10.1. The highest BCUT2D eigenvalue weighted by Gasteiger charge is 2.14. The fourth-order valence-corrected chi connectivity index (χ4v) is 1.38. The van der Waals surface area contributed by atoms with E-state index in [1.54, 1.807) is 0 Å². The quantitative estimate of drug-likeness (QED) is 0.608. The fraction of sp³-hybridized carbons (Fsp3) is 0.818. The molecule has 0 spiro atoms. The molecule has 1 N–H and O–H groups in total. The SMILES string of the molecule is C#CCCC(NCC)C(C)OCC. The van der Waals surface area contributed by atoms with E-state index in [0.717, 1.165) is 26.0 Å². The van der Waals surface area contributed by atoms with Gasteiger partial charge in [0.2, 0.25) is 0 Å². The number of terminal acetylenes is 1. The lowest BCUT2D eigenvalue weighted by Gasteiger charge is -2.23. The summed E-state index contributed by atoms with van der Waals surface area (Å²) in [5.74, 6) is 2.66. The van der Waals surface area contributed by atoms with Crippen LogP contribution in [0.25, 0.3) is 0 Å². The first kappa shape index (κ1) is 12.5. The minimum absolute atomic E-state index is 0.248. The first-order valence-corrected chi connectivity index (χ1v) is 5.04. The maximum absolute atomic E-state index is 5.52. The van der Waals surface area contributed by atoms with Gasteiger partial charge >= 0.3 is 0 Å². The molecule has 0 heterocycles. The van der Waals surface area contributed by atoms with Crippen LogP contribution < -0.4 is 5.32 Å². The van der Waals surface area contributed by atoms with Gasteiger partial charge < -0.3 is 10.1 Å². The van der Waals surface area contributed by atoms with Gasteiger partial charge in [-0.15, -0.1) is 12.3 Å². The minimum atomic E-state index is 0.248. The van der Waals surface area contributed by atoms with Gasteiger partial charge in [-0.2, -0.15) is 0 Å². The van der Waals surface area contributed by atoms with Crippen molar-refractivity contribution in [2.24, 2.45) is 0 Å². The van der Waals surface area contributed by atoms with Crippen molar-refractivity contribution in [2.75, 3.05) is 13.2 Å². The Morgan fingerprint density at radius 1 is 1.46 bits per heavy atom. The zero-order chi connectivity index (χ0) is 10.1. The molecule has 0 aliphatic rings. The van der Waals surface area contributed by atoms with Crippen LogP contribution in [-0.2, 0) is 4.74 Å². The number of rotatable bonds is 7. The molecule has 0 amide bonds. The van der Waals surface area contributed by atoms with Gasteiger partial charge in [0.15, 0.2) is 0 Å². The predicted octanol–water partition coefficient (Wildman–Crippen LogP) is 1.80. The third kappa shape index (κ3) is 5.68. The molecule has 2 nitrogen and oxygen atoms in total. The van der Waals surface area contributed by atoms with Gasteiger partial charge in [-0.3, -0.25) is 0 Å². The first-order valence-electron chi connectivity index (χ1n) is 5.04. The van der Waals surface area contributed by atoms with Crippen LogP contribution in [0.3, 0.4) is 0 Å². The lowest BCUT2D eigenvalue weighted by Crippen LogP contribution is -2.39. The van der Waals surface area contributed by atoms with Crippen molar-refractivity contribution in [3.63, 3.8) is 0 Å². The van der Waals surface area contributed by atoms with E-state index in [0.29, 0.717) is 6.04 Å². The summed E-state index contributed by atoms with van der Waals surface area (Å²) in [6.45, 7) is 7.93. The highest BCUT2D eigenvalue weighted by atomic mass is 16.5. The Hall–Kier alpha value is -0.520. The monoisotopic (exact) mass is 183 g/mol. The molecule has 0 aliphatic heterocycles. The van der Waals surface area contributed by atoms with E-state index < -0.39 is 0 Å². The molecule has 0 bridgehead atoms. The Balaban J connectivity index is 3.84. The molecule has 0 aromatic heterocycles. The molecule has 0 fully saturated rings. The van der Waals surface area contributed by atoms with Gasteiger partial charge in [-0.1, -0.05) is 6.92 Å². The molecule has 0 radical (unpaired) electrons. The third-order valence-corrected chi connectivity index (χ3v) is 2.06. The summed E-state index contributed by atoms with van der Waals surface area (Å²) in [7, 11) is 0. The predicted molar refractivity (Wildman–Crippen MR) is 56.6 cm³/mol. The maximum Gasteiger partial charge on any atom is 0.0700 e. The summed E-state index contributed by atoms with van der Waals surface area (Å²) in [5, 5.41) is 3.38. The molecular formula is C11H21NO. The summed E-state index contributed by atoms with van der Waals surface area (Å²) < 4.78 is 5.52. The highest BCUT2D eigenvalue weighted by Crippen LogP contribution is 2.05. The second-order valence-corrected chi connectivity index (χ2v) is 3.07. The van der Waals surface area contributed by atoms with Gasteiger partial charge in [0, 0.05) is 19.1 Å². The van der Waals surface area contributed by atoms with E-state index in [9.17, 15) is 0 Å². The van der Waals surface area contributed by atoms with E-state index in [1.165, 1.54) is 0 Å². The fourth-order valence-electron chi connectivity index (χ4n) is 1.38. The van der Waals surface area contributed by atoms with Crippen molar-refractivity contribution < 1.29 is 4.74 Å². The van der Waals surface area contributed by atoms with Crippen molar-refractivity contribution in [3.05, 3.63) is 0 Å². The Labute approximate surface area is 82.1 Å². The van der Waals surface area contributed by atoms with E-state index in [1.807, 2.05) is 6.92 Å². The van der Waals surface area contributed by atoms with Gasteiger partial charge in [0.1, 0.15) is 0 Å². The Bertz CT molecular complexity index is 151. The molecule has 0 aromatic carbocycles. The van der Waals surface area contributed by atoms with Gasteiger partial charge in [0.05, 0.1) is 6.10 Å². The molecule has 2 heteroatoms. The molecule has 0 aromatic rings. The van der Waals surface area contributed by atoms with Crippen molar-refractivity contribution in [1.29, 1.82) is 0 Å². The molecular weight excluding hydrogens is 162 g/mol. The van der Waals surface area contributed by atoms with Crippen molar-refractivity contribution in [2.45, 2.75) is 45.8 Å². The molecule has 2 unspecified atom stereocenters. The molecule has 0 saturated carbocycles. The standard InChI is InChI=1S/C11H21NO/c1-5-8-9-11(12-6-2)10(4)13-7-3/h1,10-12H,6-9H2,2-4H3. The van der Waals surface area contributed by atoms with E-state index in [2.05, 4.69) is 25.1 Å². The topological polar surface area (TPSA) is 21.3 Å². The van der Waals surface area contributed by atoms with Gasteiger partial charge in [-0.05, 0) is 26.8 Å². The number of hydrogen-bond donors (Lipinski definition) is 1. The number of ether oxygens (including phenoxy) is 1. The Morgan fingerprint density at radius 2 is 2.15 bits per heavy atom.